The van der Waals surface area contributed by atoms with E-state index in [-0.39, 0.29) is 11.0 Å². The molecule has 33 heavy (non-hydrogen) atoms. The van der Waals surface area contributed by atoms with Gasteiger partial charge in [-0.05, 0) is 73.2 Å². The van der Waals surface area contributed by atoms with Crippen molar-refractivity contribution >= 4 is 50.5 Å². The molecular weight excluding hydrogens is 454 g/mol. The number of hydrogen-bond donors (Lipinski definition) is 2. The Morgan fingerprint density at radius 3 is 2.64 bits per heavy atom. The van der Waals surface area contributed by atoms with Gasteiger partial charge in [0, 0.05) is 18.4 Å². The normalized spacial score (nSPS) is 10.7. The van der Waals surface area contributed by atoms with Gasteiger partial charge in [-0.15, -0.1) is 11.3 Å². The van der Waals surface area contributed by atoms with Crippen molar-refractivity contribution in [3.63, 3.8) is 0 Å². The Morgan fingerprint density at radius 1 is 1.06 bits per heavy atom. The highest BCUT2D eigenvalue weighted by Gasteiger charge is 2.14. The van der Waals surface area contributed by atoms with Gasteiger partial charge in [-0.25, -0.2) is 4.98 Å². The first-order valence-electron chi connectivity index (χ1n) is 10.3. The predicted molar refractivity (Wildman–Crippen MR) is 137 cm³/mol. The number of anilines is 1. The summed E-state index contributed by atoms with van der Waals surface area (Å²) in [6, 6.07) is 21.1. The number of ether oxygens (including phenoxy) is 2. The third-order valence-corrected chi connectivity index (χ3v) is 6.11. The van der Waals surface area contributed by atoms with Crippen molar-refractivity contribution in [2.75, 3.05) is 25.6 Å². The van der Waals surface area contributed by atoms with Crippen LogP contribution in [0.5, 0.6) is 5.75 Å². The van der Waals surface area contributed by atoms with Gasteiger partial charge in [0.2, 0.25) is 0 Å². The van der Waals surface area contributed by atoms with Crippen molar-refractivity contribution in [1.29, 1.82) is 0 Å². The topological polar surface area (TPSA) is 72.5 Å². The van der Waals surface area contributed by atoms with Gasteiger partial charge in [0.15, 0.2) is 5.11 Å². The zero-order chi connectivity index (χ0) is 23.2. The number of fused-ring (bicyclic) bond motifs is 1. The minimum absolute atomic E-state index is 0.204. The first kappa shape index (κ1) is 22.8. The summed E-state index contributed by atoms with van der Waals surface area (Å²) in [6.45, 7) is 2.86. The maximum Gasteiger partial charge on any atom is 0.261 e. The first-order chi connectivity index (χ1) is 16.0. The van der Waals surface area contributed by atoms with E-state index in [1.165, 1.54) is 10.3 Å². The van der Waals surface area contributed by atoms with E-state index in [4.69, 9.17) is 26.7 Å². The molecule has 3 aromatic carbocycles. The quantitative estimate of drug-likeness (QED) is 0.273. The lowest BCUT2D eigenvalue weighted by molar-refractivity contribution is 0.0970. The Hall–Kier alpha value is -3.33. The number of thiazole rings is 1. The van der Waals surface area contributed by atoms with Crippen molar-refractivity contribution in [3.05, 3.63) is 77.9 Å². The second-order valence-corrected chi connectivity index (χ2v) is 8.75. The minimum Gasteiger partial charge on any atom is -0.490 e. The van der Waals surface area contributed by atoms with Crippen LogP contribution in [0.15, 0.2) is 66.7 Å². The molecule has 1 amide bonds. The highest BCUT2D eigenvalue weighted by molar-refractivity contribution is 7.80. The molecule has 2 N–H and O–H groups in total. The van der Waals surface area contributed by atoms with Crippen molar-refractivity contribution in [3.8, 4) is 16.3 Å². The van der Waals surface area contributed by atoms with Crippen LogP contribution in [0.25, 0.3) is 20.8 Å². The standard InChI is InChI=1S/C25H23N3O3S2/c1-16-7-12-20-22(15-16)33-24(27-20)17-8-10-18(11-9-17)26-25(32)28-23(29)19-5-3-4-6-21(19)31-14-13-30-2/h3-12,15H,13-14H2,1-2H3,(H2,26,28,29,32). The molecule has 0 aliphatic carbocycles. The molecule has 0 saturated carbocycles. The summed E-state index contributed by atoms with van der Waals surface area (Å²) in [5, 5.41) is 6.92. The molecule has 0 atom stereocenters. The summed E-state index contributed by atoms with van der Waals surface area (Å²) in [7, 11) is 1.60. The van der Waals surface area contributed by atoms with Crippen molar-refractivity contribution < 1.29 is 14.3 Å². The fourth-order valence-electron chi connectivity index (χ4n) is 3.20. The average Bonchev–Trinajstić information content (AvgIpc) is 3.23. The Kier molecular flexibility index (Phi) is 7.29. The van der Waals surface area contributed by atoms with Crippen LogP contribution in [0.1, 0.15) is 15.9 Å². The van der Waals surface area contributed by atoms with Gasteiger partial charge in [0.05, 0.1) is 22.4 Å². The lowest BCUT2D eigenvalue weighted by atomic mass is 10.2. The first-order valence-corrected chi connectivity index (χ1v) is 11.6. The molecule has 1 heterocycles. The van der Waals surface area contributed by atoms with E-state index < -0.39 is 0 Å². The van der Waals surface area contributed by atoms with Gasteiger partial charge in [0.25, 0.3) is 5.91 Å². The molecule has 0 unspecified atom stereocenters. The second kappa shape index (κ2) is 10.5. The number of nitrogens with zero attached hydrogens (tertiary/aromatic N) is 1. The molecule has 0 aliphatic heterocycles. The lowest BCUT2D eigenvalue weighted by Crippen LogP contribution is -2.34. The summed E-state index contributed by atoms with van der Waals surface area (Å²) in [5.74, 6) is 0.132. The molecule has 0 bridgehead atoms. The molecule has 8 heteroatoms. The number of amides is 1. The molecule has 0 radical (unpaired) electrons. The smallest absolute Gasteiger partial charge is 0.261 e. The third kappa shape index (κ3) is 5.73. The Morgan fingerprint density at radius 2 is 1.85 bits per heavy atom. The number of hydrogen-bond acceptors (Lipinski definition) is 6. The summed E-state index contributed by atoms with van der Waals surface area (Å²) >= 11 is 6.99. The highest BCUT2D eigenvalue weighted by atomic mass is 32.1. The Labute approximate surface area is 201 Å². The molecule has 0 saturated heterocycles. The van der Waals surface area contributed by atoms with Crippen LogP contribution >= 0.6 is 23.6 Å². The van der Waals surface area contributed by atoms with Crippen LogP contribution in [-0.2, 0) is 4.74 Å². The minimum atomic E-state index is -0.345. The van der Waals surface area contributed by atoms with Crippen molar-refractivity contribution in [1.82, 2.24) is 10.3 Å². The summed E-state index contributed by atoms with van der Waals surface area (Å²) in [4.78, 5) is 17.4. The summed E-state index contributed by atoms with van der Waals surface area (Å²) in [6.07, 6.45) is 0. The summed E-state index contributed by atoms with van der Waals surface area (Å²) < 4.78 is 11.8. The van der Waals surface area contributed by atoms with Crippen molar-refractivity contribution in [2.45, 2.75) is 6.92 Å². The molecule has 0 aliphatic rings. The van der Waals surface area contributed by atoms with E-state index in [1.54, 1.807) is 36.6 Å². The van der Waals surface area contributed by atoms with Gasteiger partial charge in [0.1, 0.15) is 17.4 Å². The summed E-state index contributed by atoms with van der Waals surface area (Å²) in [5.41, 5.74) is 4.41. The highest BCUT2D eigenvalue weighted by Crippen LogP contribution is 2.31. The molecular formula is C25H23N3O3S2. The fraction of sp³-hybridized carbons (Fsp3) is 0.160. The van der Waals surface area contributed by atoms with E-state index >= 15 is 0 Å². The number of aryl methyl sites for hydroxylation is 1. The number of thiocarbonyl (C=S) groups is 1. The monoisotopic (exact) mass is 477 g/mol. The lowest BCUT2D eigenvalue weighted by Gasteiger charge is -2.13. The van der Waals surface area contributed by atoms with E-state index in [2.05, 4.69) is 29.7 Å². The maximum absolute atomic E-state index is 12.7. The zero-order valence-corrected chi connectivity index (χ0v) is 19.9. The van der Waals surface area contributed by atoms with Gasteiger partial charge in [-0.2, -0.15) is 0 Å². The number of carbonyl (C=O) groups is 1. The van der Waals surface area contributed by atoms with Crippen LogP contribution in [0, 0.1) is 6.92 Å². The molecule has 1 aromatic heterocycles. The van der Waals surface area contributed by atoms with E-state index in [0.29, 0.717) is 24.5 Å². The molecule has 0 spiro atoms. The number of methoxy groups -OCH3 is 1. The zero-order valence-electron chi connectivity index (χ0n) is 18.3. The SMILES string of the molecule is COCCOc1ccccc1C(=O)NC(=S)Nc1ccc(-c2nc3ccc(C)cc3s2)cc1. The number of para-hydroxylation sites is 1. The number of carbonyl (C=O) groups excluding carboxylic acids is 1. The second-order valence-electron chi connectivity index (χ2n) is 7.31. The van der Waals surface area contributed by atoms with Gasteiger partial charge < -0.3 is 14.8 Å². The Bertz CT molecular complexity index is 1290. The molecule has 0 fully saturated rings. The van der Waals surface area contributed by atoms with E-state index in [1.807, 2.05) is 36.4 Å². The third-order valence-electron chi connectivity index (χ3n) is 4.84. The van der Waals surface area contributed by atoms with E-state index in [9.17, 15) is 4.79 Å². The van der Waals surface area contributed by atoms with Crippen LogP contribution in [0.3, 0.4) is 0 Å². The Balaban J connectivity index is 1.39. The van der Waals surface area contributed by atoms with Gasteiger partial charge in [-0.1, -0.05) is 18.2 Å². The van der Waals surface area contributed by atoms with Crippen LogP contribution in [0.2, 0.25) is 0 Å². The number of nitrogens with one attached hydrogen (secondary N) is 2. The molecule has 6 nitrogen and oxygen atoms in total. The van der Waals surface area contributed by atoms with Crippen LogP contribution in [0.4, 0.5) is 5.69 Å². The predicted octanol–water partition coefficient (Wildman–Crippen LogP) is 5.42. The molecule has 4 aromatic rings. The number of rotatable bonds is 7. The van der Waals surface area contributed by atoms with Gasteiger partial charge in [-0.3, -0.25) is 10.1 Å². The fourth-order valence-corrected chi connectivity index (χ4v) is 4.48. The van der Waals surface area contributed by atoms with Crippen LogP contribution < -0.4 is 15.4 Å². The van der Waals surface area contributed by atoms with Gasteiger partial charge >= 0.3 is 0 Å². The van der Waals surface area contributed by atoms with E-state index in [0.717, 1.165) is 21.8 Å². The van der Waals surface area contributed by atoms with Crippen molar-refractivity contribution in [2.24, 2.45) is 0 Å². The largest absolute Gasteiger partial charge is 0.490 e. The molecule has 168 valence electrons. The maximum atomic E-state index is 12.7. The number of aromatic nitrogens is 1. The number of benzene rings is 3. The molecule has 4 rings (SSSR count). The van der Waals surface area contributed by atoms with Crippen LogP contribution in [-0.4, -0.2) is 36.3 Å². The average molecular weight is 478 g/mol.